The highest BCUT2D eigenvalue weighted by Crippen LogP contribution is 2.43. The van der Waals surface area contributed by atoms with E-state index in [1.807, 2.05) is 30.5 Å². The molecule has 3 aromatic rings. The summed E-state index contributed by atoms with van der Waals surface area (Å²) in [4.78, 5) is 15.2. The van der Waals surface area contributed by atoms with Gasteiger partial charge in [-0.25, -0.2) is 9.97 Å². The van der Waals surface area contributed by atoms with Crippen molar-refractivity contribution in [2.24, 2.45) is 0 Å². The van der Waals surface area contributed by atoms with Crippen molar-refractivity contribution < 1.29 is 0 Å². The minimum absolute atomic E-state index is 0.533. The van der Waals surface area contributed by atoms with Crippen molar-refractivity contribution in [1.82, 2.24) is 15.0 Å². The van der Waals surface area contributed by atoms with Crippen LogP contribution in [0, 0.1) is 11.3 Å². The Hall–Kier alpha value is -3.17. The number of pyridine rings is 1. The van der Waals surface area contributed by atoms with E-state index in [4.69, 9.17) is 0 Å². The average molecular weight is 371 g/mol. The summed E-state index contributed by atoms with van der Waals surface area (Å²) in [6.07, 6.45) is 6.92. The van der Waals surface area contributed by atoms with Crippen LogP contribution in [0.2, 0.25) is 0 Å². The van der Waals surface area contributed by atoms with Crippen molar-refractivity contribution in [3.8, 4) is 6.07 Å². The van der Waals surface area contributed by atoms with E-state index in [2.05, 4.69) is 38.5 Å². The predicted octanol–water partition coefficient (Wildman–Crippen LogP) is 4.11. The van der Waals surface area contributed by atoms with Crippen molar-refractivity contribution in [1.29, 1.82) is 5.26 Å². The summed E-state index contributed by atoms with van der Waals surface area (Å²) < 4.78 is 0. The quantitative estimate of drug-likeness (QED) is 0.680. The van der Waals surface area contributed by atoms with Gasteiger partial charge in [0.05, 0.1) is 11.3 Å². The third-order valence-corrected chi connectivity index (χ3v) is 5.49. The number of nitrogens with zero attached hydrogens (tertiary/aromatic N) is 4. The number of hydrogen-bond acceptors (Lipinski definition) is 6. The molecule has 1 N–H and O–H groups in total. The third-order valence-electron chi connectivity index (χ3n) is 4.28. The lowest BCUT2D eigenvalue weighted by molar-refractivity contribution is 0.972. The molecule has 0 amide bonds. The first-order valence-corrected chi connectivity index (χ1v) is 9.50. The molecule has 132 valence electrons. The minimum atomic E-state index is 0.533. The number of anilines is 1. The van der Waals surface area contributed by atoms with Gasteiger partial charge >= 0.3 is 0 Å². The summed E-state index contributed by atoms with van der Waals surface area (Å²) in [5.74, 6) is 0.533. The molecule has 5 nitrogen and oxygen atoms in total. The Morgan fingerprint density at radius 1 is 1.15 bits per heavy atom. The van der Waals surface area contributed by atoms with Crippen LogP contribution in [0.15, 0.2) is 70.9 Å². The molecule has 0 saturated carbocycles. The number of allylic oxidation sites excluding steroid dienone is 2. The minimum Gasteiger partial charge on any atom is -0.354 e. The molecular formula is C21H17N5S. The summed E-state index contributed by atoms with van der Waals surface area (Å²) in [6, 6.07) is 16.3. The number of rotatable bonds is 5. The van der Waals surface area contributed by atoms with Gasteiger partial charge in [0.25, 0.3) is 0 Å². The van der Waals surface area contributed by atoms with Gasteiger partial charge in [-0.1, -0.05) is 36.0 Å². The smallest absolute Gasteiger partial charge is 0.223 e. The summed E-state index contributed by atoms with van der Waals surface area (Å²) >= 11 is 1.65. The molecule has 0 fully saturated rings. The van der Waals surface area contributed by atoms with E-state index in [0.717, 1.165) is 23.3 Å². The average Bonchev–Trinajstić information content (AvgIpc) is 3.13. The molecule has 0 radical (unpaired) electrons. The molecule has 0 aliphatic carbocycles. The highest BCUT2D eigenvalue weighted by Gasteiger charge is 2.21. The maximum atomic E-state index is 9.73. The van der Waals surface area contributed by atoms with Crippen LogP contribution < -0.4 is 5.32 Å². The number of nitrogens with one attached hydrogen (secondary N) is 1. The standard InChI is InChI=1S/C21H17N5S/c22-13-17(20-12-16-5-1-2-6-19(16)27-20)18-8-11-25-21(26-18)24-10-7-15-4-3-9-23-14-15/h1-6,8-9,11,14H,7,10,12H2,(H,24,25,26)/b20-17+. The second-order valence-corrected chi connectivity index (χ2v) is 7.24. The molecule has 1 aliphatic heterocycles. The summed E-state index contributed by atoms with van der Waals surface area (Å²) in [6.45, 7) is 0.702. The molecule has 0 atom stereocenters. The van der Waals surface area contributed by atoms with E-state index in [1.54, 1.807) is 30.2 Å². The number of benzene rings is 1. The van der Waals surface area contributed by atoms with E-state index < -0.39 is 0 Å². The number of nitriles is 1. The van der Waals surface area contributed by atoms with Crippen LogP contribution in [0.5, 0.6) is 0 Å². The summed E-state index contributed by atoms with van der Waals surface area (Å²) in [7, 11) is 0. The fourth-order valence-electron chi connectivity index (χ4n) is 2.94. The molecule has 2 aromatic heterocycles. The third kappa shape index (κ3) is 3.99. The van der Waals surface area contributed by atoms with Crippen LogP contribution in [0.25, 0.3) is 5.57 Å². The van der Waals surface area contributed by atoms with Crippen molar-refractivity contribution in [2.75, 3.05) is 11.9 Å². The monoisotopic (exact) mass is 371 g/mol. The highest BCUT2D eigenvalue weighted by atomic mass is 32.2. The Morgan fingerprint density at radius 2 is 2.07 bits per heavy atom. The van der Waals surface area contributed by atoms with Crippen LogP contribution in [0.3, 0.4) is 0 Å². The fourth-order valence-corrected chi connectivity index (χ4v) is 4.10. The highest BCUT2D eigenvalue weighted by molar-refractivity contribution is 8.03. The van der Waals surface area contributed by atoms with Gasteiger partial charge < -0.3 is 5.32 Å². The van der Waals surface area contributed by atoms with E-state index >= 15 is 0 Å². The maximum absolute atomic E-state index is 9.73. The van der Waals surface area contributed by atoms with E-state index in [9.17, 15) is 5.26 Å². The van der Waals surface area contributed by atoms with Gasteiger partial charge in [0.1, 0.15) is 6.07 Å². The Bertz CT molecular complexity index is 997. The first kappa shape index (κ1) is 17.3. The Balaban J connectivity index is 1.50. The van der Waals surface area contributed by atoms with Crippen LogP contribution in [0.1, 0.15) is 16.8 Å². The second-order valence-electron chi connectivity index (χ2n) is 6.10. The fraction of sp³-hybridized carbons (Fsp3) is 0.143. The summed E-state index contributed by atoms with van der Waals surface area (Å²) in [5.41, 5.74) is 3.69. The largest absolute Gasteiger partial charge is 0.354 e. The first-order chi connectivity index (χ1) is 13.3. The predicted molar refractivity (Wildman–Crippen MR) is 107 cm³/mol. The topological polar surface area (TPSA) is 74.5 Å². The van der Waals surface area contributed by atoms with Crippen molar-refractivity contribution in [3.63, 3.8) is 0 Å². The van der Waals surface area contributed by atoms with Gasteiger partial charge in [-0.2, -0.15) is 5.26 Å². The van der Waals surface area contributed by atoms with Gasteiger partial charge in [-0.3, -0.25) is 4.98 Å². The molecule has 1 aliphatic rings. The first-order valence-electron chi connectivity index (χ1n) is 8.68. The van der Waals surface area contributed by atoms with Gasteiger partial charge in [0, 0.05) is 41.4 Å². The van der Waals surface area contributed by atoms with Gasteiger partial charge in [-0.15, -0.1) is 0 Å². The second kappa shape index (κ2) is 8.02. The van der Waals surface area contributed by atoms with Crippen LogP contribution in [0.4, 0.5) is 5.95 Å². The van der Waals surface area contributed by atoms with E-state index in [0.29, 0.717) is 23.8 Å². The van der Waals surface area contributed by atoms with Crippen LogP contribution in [-0.2, 0) is 12.8 Å². The normalized spacial score (nSPS) is 14.3. The molecule has 1 aromatic carbocycles. The molecule has 0 unspecified atom stereocenters. The lowest BCUT2D eigenvalue weighted by atomic mass is 10.1. The van der Waals surface area contributed by atoms with Gasteiger partial charge in [0.15, 0.2) is 0 Å². The number of aromatic nitrogens is 3. The number of hydrogen-bond donors (Lipinski definition) is 1. The Labute approximate surface area is 162 Å². The SMILES string of the molecule is N#C/C(=C1/Cc2ccccc2S1)c1ccnc(NCCc2cccnc2)n1. The zero-order valence-electron chi connectivity index (χ0n) is 14.6. The van der Waals surface area contributed by atoms with E-state index in [1.165, 1.54) is 10.5 Å². The Morgan fingerprint density at radius 3 is 2.89 bits per heavy atom. The molecule has 0 bridgehead atoms. The number of fused-ring (bicyclic) bond motifs is 1. The van der Waals surface area contributed by atoms with Crippen molar-refractivity contribution >= 4 is 23.3 Å². The van der Waals surface area contributed by atoms with Crippen molar-refractivity contribution in [2.45, 2.75) is 17.7 Å². The molecule has 0 spiro atoms. The Kier molecular flexibility index (Phi) is 5.13. The van der Waals surface area contributed by atoms with E-state index in [-0.39, 0.29) is 0 Å². The van der Waals surface area contributed by atoms with Gasteiger partial charge in [-0.05, 0) is 35.7 Å². The number of thioether (sulfide) groups is 1. The molecule has 27 heavy (non-hydrogen) atoms. The lowest BCUT2D eigenvalue weighted by Crippen LogP contribution is -2.09. The molecular weight excluding hydrogens is 354 g/mol. The molecule has 4 rings (SSSR count). The molecule has 0 saturated heterocycles. The van der Waals surface area contributed by atoms with Crippen LogP contribution in [-0.4, -0.2) is 21.5 Å². The lowest BCUT2D eigenvalue weighted by Gasteiger charge is -2.07. The molecule has 6 heteroatoms. The zero-order chi connectivity index (χ0) is 18.5. The van der Waals surface area contributed by atoms with Crippen molar-refractivity contribution in [3.05, 3.63) is 82.8 Å². The summed E-state index contributed by atoms with van der Waals surface area (Å²) in [5, 5.41) is 13.0. The van der Waals surface area contributed by atoms with Crippen LogP contribution >= 0.6 is 11.8 Å². The van der Waals surface area contributed by atoms with Gasteiger partial charge in [0.2, 0.25) is 5.95 Å². The maximum Gasteiger partial charge on any atom is 0.223 e. The molecule has 3 heterocycles. The zero-order valence-corrected chi connectivity index (χ0v) is 15.4.